The summed E-state index contributed by atoms with van der Waals surface area (Å²) >= 11 is 6.33. The van der Waals surface area contributed by atoms with Crippen molar-refractivity contribution in [1.82, 2.24) is 14.7 Å². The van der Waals surface area contributed by atoms with E-state index in [2.05, 4.69) is 10.1 Å². The molecule has 0 spiro atoms. The molecule has 7 nitrogen and oxygen atoms in total. The fourth-order valence-corrected chi connectivity index (χ4v) is 3.37. The number of ether oxygens (including phenoxy) is 2. The average molecular weight is 454 g/mol. The SMILES string of the molecule is CC(C)Oc1ccc(-c2noc(-c3ccc4cn(C(=O)OC(C)(C)C)cc4c3)n2)cc1Cl. The molecule has 8 heteroatoms. The summed E-state index contributed by atoms with van der Waals surface area (Å²) in [4.78, 5) is 16.8. The summed E-state index contributed by atoms with van der Waals surface area (Å²) in [6.45, 7) is 9.37. The first kappa shape index (κ1) is 21.9. The van der Waals surface area contributed by atoms with Gasteiger partial charge in [0.1, 0.15) is 11.4 Å². The molecule has 0 bridgehead atoms. The van der Waals surface area contributed by atoms with E-state index >= 15 is 0 Å². The summed E-state index contributed by atoms with van der Waals surface area (Å²) in [5.74, 6) is 1.39. The van der Waals surface area contributed by atoms with E-state index in [0.717, 1.165) is 21.9 Å². The van der Waals surface area contributed by atoms with Gasteiger partial charge in [0.15, 0.2) is 0 Å². The maximum absolute atomic E-state index is 12.3. The fourth-order valence-electron chi connectivity index (χ4n) is 3.14. The smallest absolute Gasteiger partial charge is 0.418 e. The zero-order chi connectivity index (χ0) is 23.0. The zero-order valence-electron chi connectivity index (χ0n) is 18.5. The second-order valence-corrected chi connectivity index (χ2v) is 9.13. The van der Waals surface area contributed by atoms with Gasteiger partial charge in [0, 0.05) is 34.3 Å². The third-order valence-corrected chi connectivity index (χ3v) is 4.77. The molecule has 2 aromatic carbocycles. The van der Waals surface area contributed by atoms with Gasteiger partial charge >= 0.3 is 6.09 Å². The largest absolute Gasteiger partial charge is 0.489 e. The van der Waals surface area contributed by atoms with Crippen molar-refractivity contribution in [2.75, 3.05) is 0 Å². The van der Waals surface area contributed by atoms with Crippen LogP contribution in [0.3, 0.4) is 0 Å². The van der Waals surface area contributed by atoms with E-state index < -0.39 is 11.7 Å². The lowest BCUT2D eigenvalue weighted by atomic mass is 10.1. The predicted octanol–water partition coefficient (Wildman–Crippen LogP) is 6.58. The van der Waals surface area contributed by atoms with Crippen LogP contribution in [0.15, 0.2) is 53.3 Å². The van der Waals surface area contributed by atoms with E-state index in [9.17, 15) is 4.79 Å². The summed E-state index contributed by atoms with van der Waals surface area (Å²) in [5, 5.41) is 6.31. The molecule has 0 fully saturated rings. The first-order valence-electron chi connectivity index (χ1n) is 10.2. The van der Waals surface area contributed by atoms with E-state index in [1.54, 1.807) is 24.5 Å². The maximum Gasteiger partial charge on any atom is 0.418 e. The predicted molar refractivity (Wildman–Crippen MR) is 123 cm³/mol. The van der Waals surface area contributed by atoms with Crippen molar-refractivity contribution in [3.05, 3.63) is 53.8 Å². The Morgan fingerprint density at radius 3 is 2.47 bits per heavy atom. The molecule has 0 N–H and O–H groups in total. The Morgan fingerprint density at radius 1 is 1.06 bits per heavy atom. The van der Waals surface area contributed by atoms with Crippen LogP contribution in [0.4, 0.5) is 4.79 Å². The molecule has 0 unspecified atom stereocenters. The highest BCUT2D eigenvalue weighted by Gasteiger charge is 2.19. The van der Waals surface area contributed by atoms with Crippen molar-refractivity contribution in [3.8, 4) is 28.6 Å². The van der Waals surface area contributed by atoms with Gasteiger partial charge in [-0.15, -0.1) is 0 Å². The van der Waals surface area contributed by atoms with Crippen LogP contribution in [-0.2, 0) is 4.74 Å². The molecular formula is C24H24ClN3O4. The molecule has 0 saturated carbocycles. The van der Waals surface area contributed by atoms with Gasteiger partial charge in [-0.2, -0.15) is 4.98 Å². The Bertz CT molecular complexity index is 1280. The van der Waals surface area contributed by atoms with Crippen LogP contribution in [0, 0.1) is 0 Å². The lowest BCUT2D eigenvalue weighted by Gasteiger charge is -2.19. The summed E-state index contributed by atoms with van der Waals surface area (Å²) < 4.78 is 18.0. The van der Waals surface area contributed by atoms with Crippen LogP contribution in [-0.4, -0.2) is 32.5 Å². The summed E-state index contributed by atoms with van der Waals surface area (Å²) in [6, 6.07) is 11.0. The molecule has 4 rings (SSSR count). The molecule has 0 saturated heterocycles. The first-order valence-corrected chi connectivity index (χ1v) is 10.6. The van der Waals surface area contributed by atoms with Crippen molar-refractivity contribution in [2.24, 2.45) is 0 Å². The molecule has 0 atom stereocenters. The number of carbonyl (C=O) groups excluding carboxylic acids is 1. The Morgan fingerprint density at radius 2 is 1.78 bits per heavy atom. The van der Waals surface area contributed by atoms with Crippen LogP contribution in [0.1, 0.15) is 34.6 Å². The van der Waals surface area contributed by atoms with Gasteiger partial charge in [-0.25, -0.2) is 4.79 Å². The molecule has 32 heavy (non-hydrogen) atoms. The number of carbonyl (C=O) groups is 1. The minimum absolute atomic E-state index is 0.0234. The van der Waals surface area contributed by atoms with Gasteiger partial charge in [-0.05, 0) is 65.0 Å². The number of hydrogen-bond acceptors (Lipinski definition) is 6. The zero-order valence-corrected chi connectivity index (χ0v) is 19.3. The van der Waals surface area contributed by atoms with E-state index in [1.165, 1.54) is 4.57 Å². The van der Waals surface area contributed by atoms with Gasteiger partial charge in [-0.1, -0.05) is 22.8 Å². The Balaban J connectivity index is 1.59. The highest BCUT2D eigenvalue weighted by molar-refractivity contribution is 6.32. The lowest BCUT2D eigenvalue weighted by molar-refractivity contribution is 0.0538. The normalized spacial score (nSPS) is 11.8. The van der Waals surface area contributed by atoms with Crippen molar-refractivity contribution in [2.45, 2.75) is 46.3 Å². The number of fused-ring (bicyclic) bond motifs is 1. The van der Waals surface area contributed by atoms with Gasteiger partial charge < -0.3 is 14.0 Å². The summed E-state index contributed by atoms with van der Waals surface area (Å²) in [6.07, 6.45) is 3.04. The quantitative estimate of drug-likeness (QED) is 0.347. The fraction of sp³-hybridized carbons (Fsp3) is 0.292. The van der Waals surface area contributed by atoms with Crippen LogP contribution in [0.5, 0.6) is 5.75 Å². The Kier molecular flexibility index (Phi) is 5.69. The molecule has 4 aromatic rings. The van der Waals surface area contributed by atoms with E-state index in [4.69, 9.17) is 25.6 Å². The van der Waals surface area contributed by atoms with Crippen molar-refractivity contribution in [3.63, 3.8) is 0 Å². The molecule has 0 aliphatic carbocycles. The molecule has 0 amide bonds. The van der Waals surface area contributed by atoms with Crippen LogP contribution in [0.25, 0.3) is 33.6 Å². The number of halogens is 1. The lowest BCUT2D eigenvalue weighted by Crippen LogP contribution is -2.26. The third kappa shape index (κ3) is 4.78. The van der Waals surface area contributed by atoms with E-state index in [1.807, 2.05) is 58.9 Å². The monoisotopic (exact) mass is 453 g/mol. The van der Waals surface area contributed by atoms with Gasteiger partial charge in [0.2, 0.25) is 5.82 Å². The second-order valence-electron chi connectivity index (χ2n) is 8.72. The minimum Gasteiger partial charge on any atom is -0.489 e. The molecule has 0 aliphatic heterocycles. The number of rotatable bonds is 4. The third-order valence-electron chi connectivity index (χ3n) is 4.47. The summed E-state index contributed by atoms with van der Waals surface area (Å²) in [5.41, 5.74) is 0.892. The topological polar surface area (TPSA) is 79.4 Å². The molecular weight excluding hydrogens is 430 g/mol. The van der Waals surface area contributed by atoms with Crippen molar-refractivity contribution < 1.29 is 18.8 Å². The van der Waals surface area contributed by atoms with Gasteiger partial charge in [0.05, 0.1) is 11.1 Å². The molecule has 2 aromatic heterocycles. The van der Waals surface area contributed by atoms with Gasteiger partial charge in [-0.3, -0.25) is 4.57 Å². The van der Waals surface area contributed by atoms with Crippen LogP contribution in [0.2, 0.25) is 5.02 Å². The van der Waals surface area contributed by atoms with Crippen molar-refractivity contribution in [1.29, 1.82) is 0 Å². The van der Waals surface area contributed by atoms with Crippen molar-refractivity contribution >= 4 is 28.5 Å². The number of aromatic nitrogens is 3. The molecule has 0 radical (unpaired) electrons. The van der Waals surface area contributed by atoms with Gasteiger partial charge in [0.25, 0.3) is 5.89 Å². The first-order chi connectivity index (χ1) is 15.1. The van der Waals surface area contributed by atoms with E-state index in [-0.39, 0.29) is 6.10 Å². The number of nitrogens with zero attached hydrogens (tertiary/aromatic N) is 3. The van der Waals surface area contributed by atoms with Crippen LogP contribution >= 0.6 is 11.6 Å². The molecule has 2 heterocycles. The standard InChI is InChI=1S/C24H24ClN3O4/c1-14(2)30-20-9-8-15(11-19(20)25)21-26-22(32-27-21)16-6-7-17-12-28(13-18(17)10-16)23(29)31-24(3,4)5/h6-14H,1-5H3. The Hall–Kier alpha value is -3.32. The maximum atomic E-state index is 12.3. The minimum atomic E-state index is -0.569. The molecule has 166 valence electrons. The number of hydrogen-bond donors (Lipinski definition) is 0. The highest BCUT2D eigenvalue weighted by Crippen LogP contribution is 2.31. The molecule has 0 aliphatic rings. The Labute approximate surface area is 190 Å². The number of benzene rings is 2. The van der Waals surface area contributed by atoms with E-state index in [0.29, 0.717) is 22.5 Å². The summed E-state index contributed by atoms with van der Waals surface area (Å²) in [7, 11) is 0. The average Bonchev–Trinajstić information content (AvgIpc) is 3.34. The van der Waals surface area contributed by atoms with Crippen LogP contribution < -0.4 is 4.74 Å². The highest BCUT2D eigenvalue weighted by atomic mass is 35.5. The second kappa shape index (κ2) is 8.31.